The van der Waals surface area contributed by atoms with Gasteiger partial charge in [0.2, 0.25) is 5.91 Å². The first kappa shape index (κ1) is 23.6. The van der Waals surface area contributed by atoms with Crippen LogP contribution in [0.25, 0.3) is 0 Å². The number of benzene rings is 2. The molecular weight excluding hydrogens is 400 g/mol. The van der Waals surface area contributed by atoms with Crippen LogP contribution < -0.4 is 20.1 Å². The standard InChI is InChI=1S/C23H30N2O4S/c1-23(2,3)29-19-12-10-18(11-13-19)28-15-14-24-22(27)20(16-30-4)25-21(26)17-8-6-5-7-9-17/h5-13,20H,14-16H2,1-4H3,(H,24,27)(H,25,26). The first-order chi connectivity index (χ1) is 14.3. The largest absolute Gasteiger partial charge is 0.492 e. The predicted molar refractivity (Wildman–Crippen MR) is 121 cm³/mol. The Morgan fingerprint density at radius 3 is 2.23 bits per heavy atom. The lowest BCUT2D eigenvalue weighted by Gasteiger charge is -2.21. The van der Waals surface area contributed by atoms with E-state index in [0.29, 0.717) is 30.2 Å². The number of carbonyl (C=O) groups is 2. The highest BCUT2D eigenvalue weighted by molar-refractivity contribution is 7.98. The van der Waals surface area contributed by atoms with Crippen LogP contribution in [0.15, 0.2) is 54.6 Å². The lowest BCUT2D eigenvalue weighted by atomic mass is 10.2. The Morgan fingerprint density at radius 2 is 1.63 bits per heavy atom. The molecule has 0 aliphatic rings. The van der Waals surface area contributed by atoms with Gasteiger partial charge in [-0.3, -0.25) is 9.59 Å². The lowest BCUT2D eigenvalue weighted by molar-refractivity contribution is -0.122. The minimum absolute atomic E-state index is 0.230. The SMILES string of the molecule is CSCC(NC(=O)c1ccccc1)C(=O)NCCOc1ccc(OC(C)(C)C)cc1. The maximum Gasteiger partial charge on any atom is 0.251 e. The van der Waals surface area contributed by atoms with Crippen molar-refractivity contribution in [1.29, 1.82) is 0 Å². The molecule has 0 aromatic heterocycles. The van der Waals surface area contributed by atoms with Crippen LogP contribution in [0.2, 0.25) is 0 Å². The fourth-order valence-corrected chi connectivity index (χ4v) is 3.17. The van der Waals surface area contributed by atoms with Crippen LogP contribution >= 0.6 is 11.8 Å². The van der Waals surface area contributed by atoms with Crippen molar-refractivity contribution in [2.24, 2.45) is 0 Å². The Morgan fingerprint density at radius 1 is 1.00 bits per heavy atom. The molecule has 0 saturated heterocycles. The van der Waals surface area contributed by atoms with Gasteiger partial charge >= 0.3 is 0 Å². The molecular formula is C23H30N2O4S. The number of hydrogen-bond donors (Lipinski definition) is 2. The highest BCUT2D eigenvalue weighted by Crippen LogP contribution is 2.21. The van der Waals surface area contributed by atoms with Gasteiger partial charge in [-0.15, -0.1) is 0 Å². The van der Waals surface area contributed by atoms with Crippen molar-refractivity contribution in [3.05, 3.63) is 60.2 Å². The number of carbonyl (C=O) groups excluding carboxylic acids is 2. The second-order valence-corrected chi connectivity index (χ2v) is 8.58. The fourth-order valence-electron chi connectivity index (χ4n) is 2.60. The molecule has 2 aromatic rings. The Labute approximate surface area is 182 Å². The molecule has 6 nitrogen and oxygen atoms in total. The first-order valence-corrected chi connectivity index (χ1v) is 11.2. The molecule has 30 heavy (non-hydrogen) atoms. The Kier molecular flexibility index (Phi) is 9.05. The van der Waals surface area contributed by atoms with Crippen molar-refractivity contribution < 1.29 is 19.1 Å². The average molecular weight is 431 g/mol. The first-order valence-electron chi connectivity index (χ1n) is 9.83. The molecule has 0 spiro atoms. The highest BCUT2D eigenvalue weighted by Gasteiger charge is 2.20. The molecule has 1 unspecified atom stereocenters. The molecule has 2 aromatic carbocycles. The van der Waals surface area contributed by atoms with Crippen LogP contribution in [-0.4, -0.2) is 48.6 Å². The summed E-state index contributed by atoms with van der Waals surface area (Å²) in [5, 5.41) is 5.61. The molecule has 2 rings (SSSR count). The molecule has 0 fully saturated rings. The van der Waals surface area contributed by atoms with Crippen LogP contribution in [0.5, 0.6) is 11.5 Å². The quantitative estimate of drug-likeness (QED) is 0.564. The van der Waals surface area contributed by atoms with Crippen LogP contribution in [0.1, 0.15) is 31.1 Å². The summed E-state index contributed by atoms with van der Waals surface area (Å²) in [4.78, 5) is 24.8. The summed E-state index contributed by atoms with van der Waals surface area (Å²) in [5.74, 6) is 1.46. The van der Waals surface area contributed by atoms with Crippen molar-refractivity contribution in [2.45, 2.75) is 32.4 Å². The summed E-state index contributed by atoms with van der Waals surface area (Å²) in [7, 11) is 0. The Bertz CT molecular complexity index is 804. The summed E-state index contributed by atoms with van der Waals surface area (Å²) in [5.41, 5.74) is 0.272. The van der Waals surface area contributed by atoms with Crippen LogP contribution in [0.3, 0.4) is 0 Å². The number of nitrogens with one attached hydrogen (secondary N) is 2. The van der Waals surface area contributed by atoms with Crippen molar-refractivity contribution in [3.63, 3.8) is 0 Å². The number of thioether (sulfide) groups is 1. The normalized spacial score (nSPS) is 12.0. The minimum atomic E-state index is -0.610. The van der Waals surface area contributed by atoms with E-state index >= 15 is 0 Å². The van der Waals surface area contributed by atoms with Gasteiger partial charge in [-0.05, 0) is 63.4 Å². The third-order valence-corrected chi connectivity index (χ3v) is 4.58. The number of hydrogen-bond acceptors (Lipinski definition) is 5. The average Bonchev–Trinajstić information content (AvgIpc) is 2.71. The topological polar surface area (TPSA) is 76.7 Å². The van der Waals surface area contributed by atoms with Gasteiger partial charge in [0, 0.05) is 11.3 Å². The van der Waals surface area contributed by atoms with Gasteiger partial charge < -0.3 is 20.1 Å². The third-order valence-electron chi connectivity index (χ3n) is 3.91. The van der Waals surface area contributed by atoms with Gasteiger partial charge in [0.05, 0.1) is 6.54 Å². The monoisotopic (exact) mass is 430 g/mol. The summed E-state index contributed by atoms with van der Waals surface area (Å²) < 4.78 is 11.4. The van der Waals surface area contributed by atoms with E-state index in [1.807, 2.05) is 57.4 Å². The van der Waals surface area contributed by atoms with Crippen LogP contribution in [0, 0.1) is 0 Å². The Balaban J connectivity index is 1.78. The van der Waals surface area contributed by atoms with E-state index in [9.17, 15) is 9.59 Å². The van der Waals surface area contributed by atoms with Gasteiger partial charge in [-0.1, -0.05) is 18.2 Å². The van der Waals surface area contributed by atoms with Crippen molar-refractivity contribution in [3.8, 4) is 11.5 Å². The van der Waals surface area contributed by atoms with Crippen molar-refractivity contribution in [2.75, 3.05) is 25.2 Å². The molecule has 1 atom stereocenters. The van der Waals surface area contributed by atoms with Crippen molar-refractivity contribution in [1.82, 2.24) is 10.6 Å². The van der Waals surface area contributed by atoms with Gasteiger partial charge in [0.1, 0.15) is 29.7 Å². The Hall–Kier alpha value is -2.67. The molecule has 0 aliphatic heterocycles. The zero-order valence-electron chi connectivity index (χ0n) is 17.9. The molecule has 0 radical (unpaired) electrons. The highest BCUT2D eigenvalue weighted by atomic mass is 32.2. The van der Waals surface area contributed by atoms with Gasteiger partial charge in [-0.25, -0.2) is 0 Å². The van der Waals surface area contributed by atoms with Gasteiger partial charge in [-0.2, -0.15) is 11.8 Å². The summed E-state index contributed by atoms with van der Waals surface area (Å²) in [6.07, 6.45) is 1.89. The number of rotatable bonds is 10. The number of ether oxygens (including phenoxy) is 2. The summed E-state index contributed by atoms with van der Waals surface area (Å²) >= 11 is 1.50. The smallest absolute Gasteiger partial charge is 0.251 e. The van der Waals surface area contributed by atoms with Gasteiger partial charge in [0.15, 0.2) is 0 Å². The molecule has 0 saturated carbocycles. The maximum atomic E-state index is 12.5. The van der Waals surface area contributed by atoms with Crippen LogP contribution in [-0.2, 0) is 4.79 Å². The molecule has 162 valence electrons. The third kappa shape index (κ3) is 8.37. The zero-order chi connectivity index (χ0) is 22.0. The minimum Gasteiger partial charge on any atom is -0.492 e. The zero-order valence-corrected chi connectivity index (χ0v) is 18.8. The molecule has 0 bridgehead atoms. The molecule has 0 aliphatic carbocycles. The fraction of sp³-hybridized carbons (Fsp3) is 0.391. The molecule has 7 heteroatoms. The van der Waals surface area contributed by atoms with E-state index in [2.05, 4.69) is 10.6 Å². The van der Waals surface area contributed by atoms with E-state index in [0.717, 1.165) is 5.75 Å². The van der Waals surface area contributed by atoms with Gasteiger partial charge in [0.25, 0.3) is 5.91 Å². The van der Waals surface area contributed by atoms with E-state index < -0.39 is 6.04 Å². The summed E-state index contributed by atoms with van der Waals surface area (Å²) in [6, 6.07) is 15.6. The van der Waals surface area contributed by atoms with E-state index in [-0.39, 0.29) is 17.4 Å². The van der Waals surface area contributed by atoms with Crippen molar-refractivity contribution >= 4 is 23.6 Å². The maximum absolute atomic E-state index is 12.5. The molecule has 0 heterocycles. The second-order valence-electron chi connectivity index (χ2n) is 7.67. The predicted octanol–water partition coefficient (Wildman–Crippen LogP) is 3.52. The number of amides is 2. The van der Waals surface area contributed by atoms with E-state index in [1.54, 1.807) is 24.3 Å². The second kappa shape index (κ2) is 11.5. The van der Waals surface area contributed by atoms with Crippen LogP contribution in [0.4, 0.5) is 0 Å². The molecule has 2 N–H and O–H groups in total. The summed E-state index contributed by atoms with van der Waals surface area (Å²) in [6.45, 7) is 6.64. The van der Waals surface area contributed by atoms with E-state index in [4.69, 9.17) is 9.47 Å². The lowest BCUT2D eigenvalue weighted by Crippen LogP contribution is -2.49. The van der Waals surface area contributed by atoms with E-state index in [1.165, 1.54) is 11.8 Å². The molecule has 2 amide bonds.